The standard InChI is InChI=1S/C10H20O3/c1-5-8(6-2)7-9(11)10(12-3)13-4/h8,10H,5-7H2,1-4H3. The third-order valence-electron chi connectivity index (χ3n) is 2.34. The molecule has 13 heavy (non-hydrogen) atoms. The quantitative estimate of drug-likeness (QED) is 0.573. The minimum atomic E-state index is -0.680. The molecule has 0 aliphatic rings. The van der Waals surface area contributed by atoms with Crippen LogP contribution in [0.3, 0.4) is 0 Å². The second-order valence-electron chi connectivity index (χ2n) is 3.16. The zero-order valence-corrected chi connectivity index (χ0v) is 9.00. The van der Waals surface area contributed by atoms with Crippen molar-refractivity contribution in [2.45, 2.75) is 39.4 Å². The van der Waals surface area contributed by atoms with Gasteiger partial charge in [0.25, 0.3) is 0 Å². The zero-order chi connectivity index (χ0) is 10.3. The molecule has 3 heteroatoms. The molecule has 78 valence electrons. The molecule has 0 saturated carbocycles. The normalized spacial score (nSPS) is 11.2. The summed E-state index contributed by atoms with van der Waals surface area (Å²) in [4.78, 5) is 11.5. The van der Waals surface area contributed by atoms with Crippen molar-refractivity contribution in [3.8, 4) is 0 Å². The lowest BCUT2D eigenvalue weighted by Gasteiger charge is -2.15. The molecule has 0 fully saturated rings. The average molecular weight is 188 g/mol. The molecule has 0 aromatic heterocycles. The summed E-state index contributed by atoms with van der Waals surface area (Å²) in [6.45, 7) is 4.19. The van der Waals surface area contributed by atoms with E-state index in [4.69, 9.17) is 9.47 Å². The average Bonchev–Trinajstić information content (AvgIpc) is 2.16. The van der Waals surface area contributed by atoms with Gasteiger partial charge in [-0.3, -0.25) is 4.79 Å². The summed E-state index contributed by atoms with van der Waals surface area (Å²) < 4.78 is 9.76. The fourth-order valence-electron chi connectivity index (χ4n) is 1.32. The van der Waals surface area contributed by atoms with Crippen molar-refractivity contribution in [1.29, 1.82) is 0 Å². The molecule has 0 aromatic rings. The number of hydrogen-bond acceptors (Lipinski definition) is 3. The molecule has 0 saturated heterocycles. The van der Waals surface area contributed by atoms with Gasteiger partial charge in [0.15, 0.2) is 5.78 Å². The Hall–Kier alpha value is -0.410. The maximum absolute atomic E-state index is 11.5. The third kappa shape index (κ3) is 4.39. The van der Waals surface area contributed by atoms with Crippen LogP contribution in [-0.4, -0.2) is 26.3 Å². The SMILES string of the molecule is CCC(CC)CC(=O)C(OC)OC. The molecule has 3 nitrogen and oxygen atoms in total. The highest BCUT2D eigenvalue weighted by Crippen LogP contribution is 2.14. The highest BCUT2D eigenvalue weighted by atomic mass is 16.7. The van der Waals surface area contributed by atoms with E-state index in [9.17, 15) is 4.79 Å². The minimum Gasteiger partial charge on any atom is -0.349 e. The number of hydrogen-bond donors (Lipinski definition) is 0. The molecule has 0 atom stereocenters. The van der Waals surface area contributed by atoms with E-state index in [1.54, 1.807) is 0 Å². The molecule has 0 heterocycles. The van der Waals surface area contributed by atoms with Crippen molar-refractivity contribution < 1.29 is 14.3 Å². The van der Waals surface area contributed by atoms with Gasteiger partial charge in [0.05, 0.1) is 0 Å². The van der Waals surface area contributed by atoms with Crippen LogP contribution in [-0.2, 0) is 14.3 Å². The first kappa shape index (κ1) is 12.6. The van der Waals surface area contributed by atoms with E-state index >= 15 is 0 Å². The van der Waals surface area contributed by atoms with E-state index in [2.05, 4.69) is 13.8 Å². The number of Topliss-reactive ketones (excluding diaryl/α,β-unsaturated/α-hetero) is 1. The summed E-state index contributed by atoms with van der Waals surface area (Å²) in [6.07, 6.45) is 1.94. The van der Waals surface area contributed by atoms with Gasteiger partial charge in [-0.25, -0.2) is 0 Å². The Kier molecular flexibility index (Phi) is 6.82. The van der Waals surface area contributed by atoms with Crippen LogP contribution < -0.4 is 0 Å². The van der Waals surface area contributed by atoms with Crippen LogP contribution in [0.25, 0.3) is 0 Å². The second kappa shape index (κ2) is 7.04. The lowest BCUT2D eigenvalue weighted by Crippen LogP contribution is -2.26. The van der Waals surface area contributed by atoms with Gasteiger partial charge in [0.1, 0.15) is 0 Å². The number of methoxy groups -OCH3 is 2. The predicted molar refractivity (Wildman–Crippen MR) is 51.5 cm³/mol. The molecule has 0 aliphatic carbocycles. The molecule has 0 amide bonds. The number of rotatable bonds is 7. The van der Waals surface area contributed by atoms with E-state index in [1.165, 1.54) is 14.2 Å². The Labute approximate surface area is 80.4 Å². The Balaban J connectivity index is 3.95. The summed E-state index contributed by atoms with van der Waals surface area (Å²) in [5.74, 6) is 0.499. The van der Waals surface area contributed by atoms with Gasteiger partial charge >= 0.3 is 0 Å². The van der Waals surface area contributed by atoms with E-state index in [-0.39, 0.29) is 5.78 Å². The van der Waals surface area contributed by atoms with Crippen molar-refractivity contribution in [2.24, 2.45) is 5.92 Å². The Morgan fingerprint density at radius 2 is 1.62 bits per heavy atom. The maximum atomic E-state index is 11.5. The minimum absolute atomic E-state index is 0.0405. The van der Waals surface area contributed by atoms with Crippen molar-refractivity contribution in [3.05, 3.63) is 0 Å². The number of carbonyl (C=O) groups excluding carboxylic acids is 1. The second-order valence-corrected chi connectivity index (χ2v) is 3.16. The summed E-state index contributed by atoms with van der Waals surface area (Å²) in [6, 6.07) is 0. The molecule has 0 radical (unpaired) electrons. The number of carbonyl (C=O) groups is 1. The van der Waals surface area contributed by atoms with Crippen molar-refractivity contribution in [1.82, 2.24) is 0 Å². The first-order valence-corrected chi connectivity index (χ1v) is 4.77. The van der Waals surface area contributed by atoms with E-state index < -0.39 is 6.29 Å². The molecule has 0 spiro atoms. The van der Waals surface area contributed by atoms with Crippen LogP contribution in [0.15, 0.2) is 0 Å². The van der Waals surface area contributed by atoms with Crippen LogP contribution in [0.2, 0.25) is 0 Å². The lowest BCUT2D eigenvalue weighted by molar-refractivity contribution is -0.157. The van der Waals surface area contributed by atoms with E-state index in [1.807, 2.05) is 0 Å². The first-order chi connectivity index (χ1) is 6.19. The molecule has 0 unspecified atom stereocenters. The summed E-state index contributed by atoms with van der Waals surface area (Å²) in [5.41, 5.74) is 0. The van der Waals surface area contributed by atoms with E-state index in [0.717, 1.165) is 12.8 Å². The van der Waals surface area contributed by atoms with Crippen LogP contribution in [0, 0.1) is 5.92 Å². The number of ether oxygens (including phenoxy) is 2. The summed E-state index contributed by atoms with van der Waals surface area (Å²) >= 11 is 0. The molecule has 0 aromatic carbocycles. The Morgan fingerprint density at radius 1 is 1.15 bits per heavy atom. The molecule has 0 N–H and O–H groups in total. The lowest BCUT2D eigenvalue weighted by atomic mass is 9.97. The topological polar surface area (TPSA) is 35.5 Å². The third-order valence-corrected chi connectivity index (χ3v) is 2.34. The van der Waals surface area contributed by atoms with Crippen molar-refractivity contribution in [2.75, 3.05) is 14.2 Å². The fourth-order valence-corrected chi connectivity index (χ4v) is 1.32. The molecule has 0 bridgehead atoms. The molecular weight excluding hydrogens is 168 g/mol. The van der Waals surface area contributed by atoms with Gasteiger partial charge in [-0.2, -0.15) is 0 Å². The maximum Gasteiger partial charge on any atom is 0.217 e. The molecule has 0 aliphatic heterocycles. The Morgan fingerprint density at radius 3 is 1.92 bits per heavy atom. The summed E-state index contributed by atoms with van der Waals surface area (Å²) in [5, 5.41) is 0. The van der Waals surface area contributed by atoms with Crippen LogP contribution in [0.1, 0.15) is 33.1 Å². The molecular formula is C10H20O3. The van der Waals surface area contributed by atoms with Gasteiger partial charge in [-0.05, 0) is 5.92 Å². The van der Waals surface area contributed by atoms with Crippen LogP contribution >= 0.6 is 0 Å². The number of ketones is 1. The van der Waals surface area contributed by atoms with Gasteiger partial charge in [0.2, 0.25) is 6.29 Å². The van der Waals surface area contributed by atoms with Gasteiger partial charge in [-0.15, -0.1) is 0 Å². The van der Waals surface area contributed by atoms with Crippen molar-refractivity contribution >= 4 is 5.78 Å². The largest absolute Gasteiger partial charge is 0.349 e. The van der Waals surface area contributed by atoms with E-state index in [0.29, 0.717) is 12.3 Å². The fraction of sp³-hybridized carbons (Fsp3) is 0.900. The Bertz CT molecular complexity index is 137. The highest BCUT2D eigenvalue weighted by molar-refractivity contribution is 5.81. The molecule has 0 rings (SSSR count). The van der Waals surface area contributed by atoms with Crippen molar-refractivity contribution in [3.63, 3.8) is 0 Å². The highest BCUT2D eigenvalue weighted by Gasteiger charge is 2.19. The monoisotopic (exact) mass is 188 g/mol. The van der Waals surface area contributed by atoms with Crippen LogP contribution in [0.4, 0.5) is 0 Å². The van der Waals surface area contributed by atoms with Gasteiger partial charge in [0, 0.05) is 20.6 Å². The van der Waals surface area contributed by atoms with Gasteiger partial charge < -0.3 is 9.47 Å². The predicted octanol–water partition coefficient (Wildman–Crippen LogP) is 2.00. The smallest absolute Gasteiger partial charge is 0.217 e. The summed E-state index contributed by atoms with van der Waals surface area (Å²) in [7, 11) is 2.97. The first-order valence-electron chi connectivity index (χ1n) is 4.77. The van der Waals surface area contributed by atoms with Crippen LogP contribution in [0.5, 0.6) is 0 Å². The van der Waals surface area contributed by atoms with Gasteiger partial charge in [-0.1, -0.05) is 26.7 Å². The zero-order valence-electron chi connectivity index (χ0n) is 9.00.